The molecular formula is C23H32N2O3. The van der Waals surface area contributed by atoms with Crippen molar-refractivity contribution < 1.29 is 14.7 Å². The topological polar surface area (TPSA) is 69.6 Å². The Hall–Kier alpha value is -1.88. The largest absolute Gasteiger partial charge is 0.481 e. The molecule has 3 heterocycles. The minimum Gasteiger partial charge on any atom is -0.481 e. The molecule has 1 aromatic rings. The Morgan fingerprint density at radius 3 is 2.39 bits per heavy atom. The fraction of sp³-hybridized carbons (Fsp3) is 0.652. The molecule has 3 aliphatic heterocycles. The molecule has 5 rings (SSSR count). The maximum absolute atomic E-state index is 12.7. The first-order valence-electron chi connectivity index (χ1n) is 10.9. The highest BCUT2D eigenvalue weighted by Gasteiger charge is 2.38. The second-order valence-corrected chi connectivity index (χ2v) is 9.15. The molecule has 4 fully saturated rings. The molecule has 5 heteroatoms. The third-order valence-corrected chi connectivity index (χ3v) is 7.42. The maximum Gasteiger partial charge on any atom is 0.306 e. The first-order chi connectivity index (χ1) is 13.5. The summed E-state index contributed by atoms with van der Waals surface area (Å²) in [6, 6.07) is 8.17. The highest BCUT2D eigenvalue weighted by molar-refractivity contribution is 5.94. The van der Waals surface area contributed by atoms with E-state index in [9.17, 15) is 9.59 Å². The number of carbonyl (C=O) groups is 2. The van der Waals surface area contributed by atoms with Crippen molar-refractivity contribution in [2.24, 2.45) is 11.3 Å². The molecule has 28 heavy (non-hydrogen) atoms. The summed E-state index contributed by atoms with van der Waals surface area (Å²) >= 11 is 0. The van der Waals surface area contributed by atoms with Crippen molar-refractivity contribution in [3.63, 3.8) is 0 Å². The van der Waals surface area contributed by atoms with E-state index in [0.717, 1.165) is 24.8 Å². The Morgan fingerprint density at radius 1 is 1.07 bits per heavy atom. The lowest BCUT2D eigenvalue weighted by Gasteiger charge is -2.48. The van der Waals surface area contributed by atoms with Gasteiger partial charge in [0.2, 0.25) is 0 Å². The Bertz CT molecular complexity index is 703. The summed E-state index contributed by atoms with van der Waals surface area (Å²) in [6.07, 6.45) is 9.06. The maximum atomic E-state index is 12.7. The van der Waals surface area contributed by atoms with Crippen LogP contribution in [0.3, 0.4) is 0 Å². The number of rotatable bonds is 6. The number of aryl methyl sites for hydroxylation is 1. The van der Waals surface area contributed by atoms with E-state index < -0.39 is 5.97 Å². The van der Waals surface area contributed by atoms with E-state index >= 15 is 0 Å². The van der Waals surface area contributed by atoms with Gasteiger partial charge in [-0.3, -0.25) is 9.59 Å². The number of nitrogens with one attached hydrogen (secondary N) is 1. The van der Waals surface area contributed by atoms with E-state index in [-0.39, 0.29) is 17.9 Å². The standard InChI is InChI=1S/C23H32N2O3/c26-21(24-20-6-4-18(5-7-20)22(27)28)19-3-1-2-17(16-19)8-9-23-10-13-25(14-11-23)15-12-23/h1-3,16,18,20H,4-15H2,(H,24,26)(H,27,28). The second kappa shape index (κ2) is 8.24. The van der Waals surface area contributed by atoms with Gasteiger partial charge in [0.1, 0.15) is 0 Å². The number of fused-ring (bicyclic) bond motifs is 3. The quantitative estimate of drug-likeness (QED) is 0.788. The Morgan fingerprint density at radius 2 is 1.75 bits per heavy atom. The summed E-state index contributed by atoms with van der Waals surface area (Å²) < 4.78 is 0. The zero-order chi connectivity index (χ0) is 19.6. The molecule has 152 valence electrons. The molecule has 4 aliphatic rings. The van der Waals surface area contributed by atoms with Crippen molar-refractivity contribution in [3.8, 4) is 0 Å². The number of carboxylic acid groups (broad SMARTS) is 1. The molecule has 0 atom stereocenters. The molecular weight excluding hydrogens is 352 g/mol. The van der Waals surface area contributed by atoms with Crippen LogP contribution in [-0.2, 0) is 11.2 Å². The smallest absolute Gasteiger partial charge is 0.306 e. The average Bonchev–Trinajstić information content (AvgIpc) is 2.74. The summed E-state index contributed by atoms with van der Waals surface area (Å²) in [7, 11) is 0. The molecule has 0 spiro atoms. The molecule has 0 unspecified atom stereocenters. The van der Waals surface area contributed by atoms with Crippen LogP contribution in [0.5, 0.6) is 0 Å². The second-order valence-electron chi connectivity index (χ2n) is 9.15. The van der Waals surface area contributed by atoms with Crippen LogP contribution in [0.25, 0.3) is 0 Å². The highest BCUT2D eigenvalue weighted by atomic mass is 16.4. The van der Waals surface area contributed by atoms with Gasteiger partial charge in [0.25, 0.3) is 5.91 Å². The van der Waals surface area contributed by atoms with E-state index in [1.165, 1.54) is 50.9 Å². The molecule has 2 bridgehead atoms. The molecule has 3 saturated heterocycles. The summed E-state index contributed by atoms with van der Waals surface area (Å²) in [5.41, 5.74) is 2.51. The van der Waals surface area contributed by atoms with Crippen LogP contribution in [0.15, 0.2) is 24.3 Å². The average molecular weight is 385 g/mol. The van der Waals surface area contributed by atoms with E-state index in [2.05, 4.69) is 16.3 Å². The minimum absolute atomic E-state index is 0.0234. The number of carboxylic acids is 1. The van der Waals surface area contributed by atoms with Crippen LogP contribution in [0.2, 0.25) is 0 Å². The summed E-state index contributed by atoms with van der Waals surface area (Å²) in [5.74, 6) is -0.979. The van der Waals surface area contributed by atoms with Gasteiger partial charge in [-0.05, 0) is 101 Å². The monoisotopic (exact) mass is 384 g/mol. The zero-order valence-corrected chi connectivity index (χ0v) is 16.7. The number of benzene rings is 1. The van der Waals surface area contributed by atoms with Gasteiger partial charge in [0, 0.05) is 11.6 Å². The number of amides is 1. The Balaban J connectivity index is 1.30. The molecule has 2 N–H and O–H groups in total. The van der Waals surface area contributed by atoms with E-state index in [4.69, 9.17) is 5.11 Å². The SMILES string of the molecule is O=C(NC1CCC(C(=O)O)CC1)c1cccc(CCC23CCN(CC2)CC3)c1. The van der Waals surface area contributed by atoms with Crippen molar-refractivity contribution in [1.82, 2.24) is 10.2 Å². The van der Waals surface area contributed by atoms with Crippen LogP contribution in [0, 0.1) is 11.3 Å². The van der Waals surface area contributed by atoms with Gasteiger partial charge in [-0.25, -0.2) is 0 Å². The summed E-state index contributed by atoms with van der Waals surface area (Å²) in [6.45, 7) is 3.77. The number of piperidine rings is 3. The minimum atomic E-state index is -0.708. The van der Waals surface area contributed by atoms with Gasteiger partial charge in [0.05, 0.1) is 5.92 Å². The van der Waals surface area contributed by atoms with Gasteiger partial charge in [-0.2, -0.15) is 0 Å². The van der Waals surface area contributed by atoms with Crippen molar-refractivity contribution in [3.05, 3.63) is 35.4 Å². The number of nitrogens with zero attached hydrogens (tertiary/aromatic N) is 1. The van der Waals surface area contributed by atoms with Crippen molar-refractivity contribution >= 4 is 11.9 Å². The van der Waals surface area contributed by atoms with Gasteiger partial charge in [-0.15, -0.1) is 0 Å². The van der Waals surface area contributed by atoms with Gasteiger partial charge in [-0.1, -0.05) is 12.1 Å². The fourth-order valence-electron chi connectivity index (χ4n) is 5.30. The lowest BCUT2D eigenvalue weighted by atomic mass is 9.69. The van der Waals surface area contributed by atoms with Crippen LogP contribution < -0.4 is 5.32 Å². The van der Waals surface area contributed by atoms with Gasteiger partial charge in [0.15, 0.2) is 0 Å². The van der Waals surface area contributed by atoms with Crippen molar-refractivity contribution in [2.75, 3.05) is 19.6 Å². The number of hydrogen-bond donors (Lipinski definition) is 2. The van der Waals surface area contributed by atoms with Crippen LogP contribution in [0.4, 0.5) is 0 Å². The molecule has 0 aromatic heterocycles. The number of carbonyl (C=O) groups excluding carboxylic acids is 1. The molecule has 1 aliphatic carbocycles. The lowest BCUT2D eigenvalue weighted by Crippen LogP contribution is -2.48. The predicted molar refractivity (Wildman–Crippen MR) is 108 cm³/mol. The van der Waals surface area contributed by atoms with Crippen LogP contribution >= 0.6 is 0 Å². The number of aliphatic carboxylic acids is 1. The Kier molecular flexibility index (Phi) is 5.72. The molecule has 1 amide bonds. The van der Waals surface area contributed by atoms with Crippen LogP contribution in [-0.4, -0.2) is 47.6 Å². The first-order valence-corrected chi connectivity index (χ1v) is 10.9. The van der Waals surface area contributed by atoms with Gasteiger partial charge >= 0.3 is 5.97 Å². The third kappa shape index (κ3) is 4.40. The highest BCUT2D eigenvalue weighted by Crippen LogP contribution is 2.43. The molecule has 1 saturated carbocycles. The third-order valence-electron chi connectivity index (χ3n) is 7.42. The van der Waals surface area contributed by atoms with Crippen molar-refractivity contribution in [1.29, 1.82) is 0 Å². The zero-order valence-electron chi connectivity index (χ0n) is 16.7. The van der Waals surface area contributed by atoms with E-state index in [1.54, 1.807) is 0 Å². The summed E-state index contributed by atoms with van der Waals surface area (Å²) in [5, 5.41) is 12.2. The van der Waals surface area contributed by atoms with Crippen LogP contribution in [0.1, 0.15) is 67.3 Å². The number of hydrogen-bond acceptors (Lipinski definition) is 3. The van der Waals surface area contributed by atoms with E-state index in [0.29, 0.717) is 18.3 Å². The van der Waals surface area contributed by atoms with Crippen molar-refractivity contribution in [2.45, 2.75) is 63.8 Å². The molecule has 0 radical (unpaired) electrons. The molecule has 1 aromatic carbocycles. The predicted octanol–water partition coefficient (Wildman–Crippen LogP) is 3.48. The van der Waals surface area contributed by atoms with E-state index in [1.807, 2.05) is 18.2 Å². The summed E-state index contributed by atoms with van der Waals surface area (Å²) in [4.78, 5) is 26.3. The normalized spacial score (nSPS) is 32.1. The lowest BCUT2D eigenvalue weighted by molar-refractivity contribution is -0.142. The fourth-order valence-corrected chi connectivity index (χ4v) is 5.30. The first kappa shape index (κ1) is 19.4. The molecule has 5 nitrogen and oxygen atoms in total. The van der Waals surface area contributed by atoms with Gasteiger partial charge < -0.3 is 15.3 Å². The Labute approximate surface area is 167 Å².